The molecule has 0 unspecified atom stereocenters. The molecule has 3 N–H and O–H groups in total. The van der Waals surface area contributed by atoms with Crippen molar-refractivity contribution in [2.75, 3.05) is 44.6 Å². The standard InChI is InChI=1S/C18H30N6O3/c1-4-19-18(21-12-11-17(25)23(5-2)6-3)22-14-13-20-15-7-9-16(10-8-15)24(26)27/h7-10,20H,4-6,11-14H2,1-3H3,(H2,19,21,22). The first-order chi connectivity index (χ1) is 13.0. The Labute approximate surface area is 160 Å². The Morgan fingerprint density at radius 1 is 1.11 bits per heavy atom. The molecule has 1 amide bonds. The van der Waals surface area contributed by atoms with E-state index in [9.17, 15) is 14.9 Å². The van der Waals surface area contributed by atoms with Crippen LogP contribution in [0.2, 0.25) is 0 Å². The molecule has 0 bridgehead atoms. The third-order valence-electron chi connectivity index (χ3n) is 3.88. The number of hydrogen-bond acceptors (Lipinski definition) is 5. The fraction of sp³-hybridized carbons (Fsp3) is 0.556. The summed E-state index contributed by atoms with van der Waals surface area (Å²) < 4.78 is 0. The largest absolute Gasteiger partial charge is 0.383 e. The number of benzene rings is 1. The van der Waals surface area contributed by atoms with Crippen LogP contribution in [0, 0.1) is 10.1 Å². The van der Waals surface area contributed by atoms with Crippen molar-refractivity contribution in [2.45, 2.75) is 27.2 Å². The van der Waals surface area contributed by atoms with Crippen molar-refractivity contribution in [3.05, 3.63) is 34.4 Å². The molecular formula is C18H30N6O3. The lowest BCUT2D eigenvalue weighted by atomic mass is 10.3. The molecule has 0 saturated carbocycles. The quantitative estimate of drug-likeness (QED) is 0.178. The Balaban J connectivity index is 2.39. The molecule has 0 spiro atoms. The van der Waals surface area contributed by atoms with Crippen molar-refractivity contribution in [1.82, 2.24) is 15.5 Å². The van der Waals surface area contributed by atoms with Crippen LogP contribution in [-0.2, 0) is 4.79 Å². The normalized spacial score (nSPS) is 11.0. The van der Waals surface area contributed by atoms with E-state index in [2.05, 4.69) is 20.9 Å². The predicted molar refractivity (Wildman–Crippen MR) is 108 cm³/mol. The second kappa shape index (κ2) is 12.5. The van der Waals surface area contributed by atoms with Crippen LogP contribution in [0.4, 0.5) is 11.4 Å². The molecule has 0 aliphatic rings. The Hall–Kier alpha value is -2.84. The molecule has 150 valence electrons. The molecule has 1 rings (SSSR count). The topological polar surface area (TPSA) is 112 Å². The summed E-state index contributed by atoms with van der Waals surface area (Å²) in [4.78, 5) is 28.4. The SMILES string of the molecule is CCNC(=NCCC(=O)N(CC)CC)NCCNc1ccc([N+](=O)[O-])cc1. The van der Waals surface area contributed by atoms with Gasteiger partial charge in [0.2, 0.25) is 5.91 Å². The number of rotatable bonds is 11. The van der Waals surface area contributed by atoms with Gasteiger partial charge in [-0.2, -0.15) is 0 Å². The number of anilines is 1. The summed E-state index contributed by atoms with van der Waals surface area (Å²) in [6.07, 6.45) is 0.388. The minimum atomic E-state index is -0.421. The molecule has 0 aliphatic heterocycles. The minimum absolute atomic E-state index is 0.0690. The van der Waals surface area contributed by atoms with Gasteiger partial charge in [0.1, 0.15) is 0 Å². The van der Waals surface area contributed by atoms with E-state index in [4.69, 9.17) is 0 Å². The second-order valence-electron chi connectivity index (χ2n) is 5.73. The summed E-state index contributed by atoms with van der Waals surface area (Å²) in [7, 11) is 0. The van der Waals surface area contributed by atoms with Gasteiger partial charge in [0.15, 0.2) is 5.96 Å². The van der Waals surface area contributed by atoms with Crippen LogP contribution in [0.1, 0.15) is 27.2 Å². The number of nitrogens with one attached hydrogen (secondary N) is 3. The van der Waals surface area contributed by atoms with E-state index in [-0.39, 0.29) is 11.6 Å². The number of nitrogens with zero attached hydrogens (tertiary/aromatic N) is 3. The molecule has 1 aromatic carbocycles. The predicted octanol–water partition coefficient (Wildman–Crippen LogP) is 1.82. The first-order valence-electron chi connectivity index (χ1n) is 9.30. The monoisotopic (exact) mass is 378 g/mol. The number of hydrogen-bond donors (Lipinski definition) is 3. The maximum Gasteiger partial charge on any atom is 0.269 e. The average Bonchev–Trinajstić information content (AvgIpc) is 2.66. The number of nitro groups is 1. The average molecular weight is 378 g/mol. The van der Waals surface area contributed by atoms with Gasteiger partial charge < -0.3 is 20.9 Å². The molecule has 9 heteroatoms. The zero-order valence-corrected chi connectivity index (χ0v) is 16.3. The molecule has 9 nitrogen and oxygen atoms in total. The summed E-state index contributed by atoms with van der Waals surface area (Å²) in [5.74, 6) is 0.773. The first kappa shape index (κ1) is 22.2. The van der Waals surface area contributed by atoms with Gasteiger partial charge in [0.05, 0.1) is 11.5 Å². The fourth-order valence-corrected chi connectivity index (χ4v) is 2.43. The van der Waals surface area contributed by atoms with Gasteiger partial charge in [-0.1, -0.05) is 0 Å². The summed E-state index contributed by atoms with van der Waals surface area (Å²) in [6, 6.07) is 6.29. The van der Waals surface area contributed by atoms with Crippen molar-refractivity contribution < 1.29 is 9.72 Å². The highest BCUT2D eigenvalue weighted by Gasteiger charge is 2.08. The van der Waals surface area contributed by atoms with Crippen LogP contribution in [0.5, 0.6) is 0 Å². The number of non-ortho nitro benzene ring substituents is 1. The van der Waals surface area contributed by atoms with E-state index in [0.717, 1.165) is 12.2 Å². The molecule has 0 aliphatic carbocycles. The Kier molecular flexibility index (Phi) is 10.3. The van der Waals surface area contributed by atoms with Crippen molar-refractivity contribution in [3.63, 3.8) is 0 Å². The summed E-state index contributed by atoms with van der Waals surface area (Å²) in [5, 5.41) is 20.2. The fourth-order valence-electron chi connectivity index (χ4n) is 2.43. The van der Waals surface area contributed by atoms with Crippen LogP contribution in [0.3, 0.4) is 0 Å². The van der Waals surface area contributed by atoms with Crippen LogP contribution in [0.15, 0.2) is 29.3 Å². The number of aliphatic imine (C=N–C) groups is 1. The van der Waals surface area contributed by atoms with Crippen molar-refractivity contribution in [2.24, 2.45) is 4.99 Å². The van der Waals surface area contributed by atoms with Crippen LogP contribution in [-0.4, -0.2) is 61.0 Å². The van der Waals surface area contributed by atoms with Gasteiger partial charge in [0.25, 0.3) is 5.69 Å². The van der Waals surface area contributed by atoms with Gasteiger partial charge >= 0.3 is 0 Å². The molecule has 0 heterocycles. The summed E-state index contributed by atoms with van der Waals surface area (Å²) >= 11 is 0. The zero-order chi connectivity index (χ0) is 20.1. The molecular weight excluding hydrogens is 348 g/mol. The highest BCUT2D eigenvalue weighted by molar-refractivity contribution is 5.80. The first-order valence-corrected chi connectivity index (χ1v) is 9.30. The Morgan fingerprint density at radius 3 is 2.33 bits per heavy atom. The van der Waals surface area contributed by atoms with E-state index in [1.165, 1.54) is 12.1 Å². The van der Waals surface area contributed by atoms with E-state index >= 15 is 0 Å². The number of guanidine groups is 1. The van der Waals surface area contributed by atoms with Gasteiger partial charge in [-0.25, -0.2) is 0 Å². The van der Waals surface area contributed by atoms with E-state index in [0.29, 0.717) is 45.1 Å². The van der Waals surface area contributed by atoms with Crippen LogP contribution >= 0.6 is 0 Å². The van der Waals surface area contributed by atoms with Crippen LogP contribution < -0.4 is 16.0 Å². The number of amides is 1. The van der Waals surface area contributed by atoms with E-state index in [1.807, 2.05) is 20.8 Å². The van der Waals surface area contributed by atoms with Gasteiger partial charge in [-0.05, 0) is 32.9 Å². The summed E-state index contributed by atoms with van der Waals surface area (Å²) in [6.45, 7) is 9.74. The maximum absolute atomic E-state index is 12.0. The number of carbonyl (C=O) groups excluding carboxylic acids is 1. The molecule has 0 atom stereocenters. The Bertz CT molecular complexity index is 614. The minimum Gasteiger partial charge on any atom is -0.383 e. The highest BCUT2D eigenvalue weighted by Crippen LogP contribution is 2.14. The van der Waals surface area contributed by atoms with Crippen LogP contribution in [0.25, 0.3) is 0 Å². The lowest BCUT2D eigenvalue weighted by molar-refractivity contribution is -0.384. The lowest BCUT2D eigenvalue weighted by Crippen LogP contribution is -2.40. The highest BCUT2D eigenvalue weighted by atomic mass is 16.6. The third kappa shape index (κ3) is 8.39. The van der Waals surface area contributed by atoms with E-state index in [1.54, 1.807) is 17.0 Å². The van der Waals surface area contributed by atoms with Crippen molar-refractivity contribution in [1.29, 1.82) is 0 Å². The molecule has 0 fully saturated rings. The van der Waals surface area contributed by atoms with Gasteiger partial charge in [0, 0.05) is 57.0 Å². The lowest BCUT2D eigenvalue weighted by Gasteiger charge is -2.18. The molecule has 0 saturated heterocycles. The maximum atomic E-state index is 12.0. The molecule has 1 aromatic rings. The Morgan fingerprint density at radius 2 is 1.78 bits per heavy atom. The smallest absolute Gasteiger partial charge is 0.269 e. The molecule has 0 aromatic heterocycles. The third-order valence-corrected chi connectivity index (χ3v) is 3.88. The summed E-state index contributed by atoms with van der Waals surface area (Å²) in [5.41, 5.74) is 0.883. The van der Waals surface area contributed by atoms with Gasteiger partial charge in [-0.15, -0.1) is 0 Å². The second-order valence-corrected chi connectivity index (χ2v) is 5.73. The van der Waals surface area contributed by atoms with Crippen molar-refractivity contribution in [3.8, 4) is 0 Å². The molecule has 27 heavy (non-hydrogen) atoms. The van der Waals surface area contributed by atoms with Crippen molar-refractivity contribution >= 4 is 23.2 Å². The van der Waals surface area contributed by atoms with Gasteiger partial charge in [-0.3, -0.25) is 19.9 Å². The number of nitro benzene ring substituents is 1. The van der Waals surface area contributed by atoms with E-state index < -0.39 is 4.92 Å². The zero-order valence-electron chi connectivity index (χ0n) is 16.3. The molecule has 0 radical (unpaired) electrons. The number of carbonyl (C=O) groups is 1.